The maximum absolute atomic E-state index is 13.4. The molecule has 152 valence electrons. The van der Waals surface area contributed by atoms with Crippen molar-refractivity contribution in [2.45, 2.75) is 44.7 Å². The van der Waals surface area contributed by atoms with Gasteiger partial charge in [-0.25, -0.2) is 13.9 Å². The molecule has 1 atom stereocenters. The fourth-order valence-electron chi connectivity index (χ4n) is 3.58. The Hall–Kier alpha value is -2.48. The Kier molecular flexibility index (Phi) is 6.61. The lowest BCUT2D eigenvalue weighted by molar-refractivity contribution is -0.124. The summed E-state index contributed by atoms with van der Waals surface area (Å²) in [5, 5.41) is 7.40. The van der Waals surface area contributed by atoms with E-state index in [1.165, 1.54) is 21.4 Å². The van der Waals surface area contributed by atoms with E-state index in [4.69, 9.17) is 0 Å². The number of hydrogen-bond donors (Lipinski definition) is 1. The molecular formula is C20H28FN5O2. The fraction of sp³-hybridized carbons (Fsp3) is 0.550. The number of nitrogens with one attached hydrogen (secondary N) is 1. The highest BCUT2D eigenvalue weighted by Crippen LogP contribution is 2.21. The average Bonchev–Trinajstić information content (AvgIpc) is 2.82. The smallest absolute Gasteiger partial charge is 0.346 e. The van der Waals surface area contributed by atoms with E-state index in [1.54, 1.807) is 12.1 Å². The topological polar surface area (TPSA) is 72.2 Å². The summed E-state index contributed by atoms with van der Waals surface area (Å²) < 4.78 is 16.3. The summed E-state index contributed by atoms with van der Waals surface area (Å²) in [6.07, 6.45) is 3.91. The van der Waals surface area contributed by atoms with E-state index < -0.39 is 6.04 Å². The number of aryl methyl sites for hydroxylation is 1. The van der Waals surface area contributed by atoms with Crippen LogP contribution in [0.15, 0.2) is 29.1 Å². The molecule has 0 fully saturated rings. The van der Waals surface area contributed by atoms with Gasteiger partial charge in [0.05, 0.1) is 6.54 Å². The van der Waals surface area contributed by atoms with Crippen molar-refractivity contribution < 1.29 is 9.18 Å². The molecule has 3 rings (SSSR count). The third-order valence-corrected chi connectivity index (χ3v) is 4.99. The van der Waals surface area contributed by atoms with Crippen molar-refractivity contribution in [2.75, 3.05) is 27.2 Å². The van der Waals surface area contributed by atoms with Crippen molar-refractivity contribution >= 4 is 5.91 Å². The normalized spacial score (nSPS) is 16.6. The average molecular weight is 389 g/mol. The van der Waals surface area contributed by atoms with Gasteiger partial charge in [0, 0.05) is 13.0 Å². The largest absolute Gasteiger partial charge is 0.354 e. The molecule has 1 amide bonds. The minimum atomic E-state index is -0.536. The second-order valence-electron chi connectivity index (χ2n) is 7.57. The Morgan fingerprint density at radius 3 is 2.93 bits per heavy atom. The van der Waals surface area contributed by atoms with Gasteiger partial charge in [0.15, 0.2) is 0 Å². The SMILES string of the molecule is CN(C)CCCNC(=O)C1CCCCc2nn(Cc3cccc(F)c3)c(=O)n21. The molecule has 0 saturated carbocycles. The van der Waals surface area contributed by atoms with Crippen LogP contribution in [0.2, 0.25) is 0 Å². The van der Waals surface area contributed by atoms with Crippen LogP contribution in [0.4, 0.5) is 4.39 Å². The number of halogens is 1. The molecule has 1 aromatic carbocycles. The van der Waals surface area contributed by atoms with Crippen LogP contribution in [0, 0.1) is 5.82 Å². The Balaban J connectivity index is 1.78. The van der Waals surface area contributed by atoms with Crippen molar-refractivity contribution in [3.8, 4) is 0 Å². The van der Waals surface area contributed by atoms with E-state index >= 15 is 0 Å². The molecule has 0 saturated heterocycles. The lowest BCUT2D eigenvalue weighted by Crippen LogP contribution is -2.39. The standard InChI is InChI=1S/C20H28FN5O2/c1-24(2)12-6-11-22-19(27)17-9-3-4-10-18-23-25(20(28)26(17)18)14-15-7-5-8-16(21)13-15/h5,7-8,13,17H,3-4,6,9-12,14H2,1-2H3,(H,22,27). The van der Waals surface area contributed by atoms with Gasteiger partial charge in [-0.2, -0.15) is 5.10 Å². The molecule has 2 heterocycles. The van der Waals surface area contributed by atoms with Gasteiger partial charge < -0.3 is 10.2 Å². The van der Waals surface area contributed by atoms with Gasteiger partial charge in [-0.1, -0.05) is 18.6 Å². The molecule has 1 N–H and O–H groups in total. The maximum Gasteiger partial charge on any atom is 0.346 e. The molecule has 2 aromatic rings. The maximum atomic E-state index is 13.4. The molecule has 7 nitrogen and oxygen atoms in total. The first-order valence-electron chi connectivity index (χ1n) is 9.81. The zero-order valence-electron chi connectivity index (χ0n) is 16.5. The predicted octanol–water partition coefficient (Wildman–Crippen LogP) is 1.57. The number of fused-ring (bicyclic) bond motifs is 1. The highest BCUT2D eigenvalue weighted by atomic mass is 19.1. The van der Waals surface area contributed by atoms with Crippen molar-refractivity contribution in [3.63, 3.8) is 0 Å². The molecule has 0 aliphatic carbocycles. The third kappa shape index (κ3) is 4.86. The van der Waals surface area contributed by atoms with Crippen LogP contribution < -0.4 is 11.0 Å². The van der Waals surface area contributed by atoms with Crippen LogP contribution in [0.5, 0.6) is 0 Å². The summed E-state index contributed by atoms with van der Waals surface area (Å²) in [5.74, 6) is 0.156. The van der Waals surface area contributed by atoms with E-state index in [0.717, 1.165) is 25.8 Å². The highest BCUT2D eigenvalue weighted by molar-refractivity contribution is 5.80. The van der Waals surface area contributed by atoms with Crippen LogP contribution in [-0.4, -0.2) is 52.3 Å². The summed E-state index contributed by atoms with van der Waals surface area (Å²) in [5.41, 5.74) is 0.356. The summed E-state index contributed by atoms with van der Waals surface area (Å²) in [4.78, 5) is 27.8. The molecule has 0 bridgehead atoms. The van der Waals surface area contributed by atoms with Gasteiger partial charge in [0.25, 0.3) is 0 Å². The van der Waals surface area contributed by atoms with E-state index in [9.17, 15) is 14.0 Å². The number of nitrogens with zero attached hydrogens (tertiary/aromatic N) is 4. The van der Waals surface area contributed by atoms with Gasteiger partial charge >= 0.3 is 5.69 Å². The van der Waals surface area contributed by atoms with E-state index in [0.29, 0.717) is 30.8 Å². The fourth-order valence-corrected chi connectivity index (χ4v) is 3.58. The van der Waals surface area contributed by atoms with E-state index in [2.05, 4.69) is 15.3 Å². The van der Waals surface area contributed by atoms with Crippen LogP contribution in [0.3, 0.4) is 0 Å². The first-order valence-corrected chi connectivity index (χ1v) is 9.81. The second kappa shape index (κ2) is 9.14. The quantitative estimate of drug-likeness (QED) is 0.730. The Labute approximate surface area is 164 Å². The van der Waals surface area contributed by atoms with Gasteiger partial charge in [0.2, 0.25) is 5.91 Å². The van der Waals surface area contributed by atoms with Crippen LogP contribution in [0.25, 0.3) is 0 Å². The Bertz CT molecular complexity index is 874. The summed E-state index contributed by atoms with van der Waals surface area (Å²) in [6.45, 7) is 1.66. The van der Waals surface area contributed by atoms with Crippen molar-refractivity contribution in [1.29, 1.82) is 0 Å². The number of carbonyl (C=O) groups excluding carboxylic acids is 1. The van der Waals surface area contributed by atoms with Crippen LogP contribution >= 0.6 is 0 Å². The van der Waals surface area contributed by atoms with Crippen molar-refractivity contribution in [3.05, 3.63) is 52.0 Å². The molecular weight excluding hydrogens is 361 g/mol. The Morgan fingerprint density at radius 1 is 1.36 bits per heavy atom. The number of aromatic nitrogens is 3. The van der Waals surface area contributed by atoms with Gasteiger partial charge in [-0.05, 0) is 57.6 Å². The number of carbonyl (C=O) groups is 1. The van der Waals surface area contributed by atoms with E-state index in [-0.39, 0.29) is 24.0 Å². The minimum Gasteiger partial charge on any atom is -0.354 e. The molecule has 1 unspecified atom stereocenters. The number of hydrogen-bond acceptors (Lipinski definition) is 4. The Morgan fingerprint density at radius 2 is 2.18 bits per heavy atom. The molecule has 0 radical (unpaired) electrons. The zero-order valence-corrected chi connectivity index (χ0v) is 16.5. The molecule has 8 heteroatoms. The summed E-state index contributed by atoms with van der Waals surface area (Å²) in [6, 6.07) is 5.60. The second-order valence-corrected chi connectivity index (χ2v) is 7.57. The third-order valence-electron chi connectivity index (χ3n) is 4.99. The van der Waals surface area contributed by atoms with Crippen LogP contribution in [0.1, 0.15) is 43.1 Å². The van der Waals surface area contributed by atoms with Crippen LogP contribution in [-0.2, 0) is 17.8 Å². The molecule has 1 aromatic heterocycles. The lowest BCUT2D eigenvalue weighted by atomic mass is 10.1. The van der Waals surface area contributed by atoms with Crippen molar-refractivity contribution in [1.82, 2.24) is 24.6 Å². The molecule has 28 heavy (non-hydrogen) atoms. The first-order chi connectivity index (χ1) is 13.5. The van der Waals surface area contributed by atoms with Gasteiger partial charge in [-0.15, -0.1) is 0 Å². The number of amides is 1. The molecule has 0 spiro atoms. The van der Waals surface area contributed by atoms with Gasteiger partial charge in [-0.3, -0.25) is 9.36 Å². The monoisotopic (exact) mass is 389 g/mol. The van der Waals surface area contributed by atoms with E-state index in [1.807, 2.05) is 14.1 Å². The first kappa shape index (κ1) is 20.3. The summed E-state index contributed by atoms with van der Waals surface area (Å²) in [7, 11) is 3.98. The predicted molar refractivity (Wildman–Crippen MR) is 105 cm³/mol. The van der Waals surface area contributed by atoms with Crippen molar-refractivity contribution in [2.24, 2.45) is 0 Å². The number of benzene rings is 1. The molecule has 1 aliphatic rings. The molecule has 1 aliphatic heterocycles. The summed E-state index contributed by atoms with van der Waals surface area (Å²) >= 11 is 0. The lowest BCUT2D eigenvalue weighted by Gasteiger charge is -2.17. The van der Waals surface area contributed by atoms with Gasteiger partial charge in [0.1, 0.15) is 17.7 Å². The minimum absolute atomic E-state index is 0.130. The zero-order chi connectivity index (χ0) is 20.1. The number of rotatable bonds is 7. The highest BCUT2D eigenvalue weighted by Gasteiger charge is 2.28.